The SMILES string of the molecule is Brc1ccc(-c2[nH]ncc2C=NNc2ccc3ccccc3n2)cc1. The third-order valence-corrected chi connectivity index (χ3v) is 4.31. The zero-order valence-electron chi connectivity index (χ0n) is 13.1. The van der Waals surface area contributed by atoms with Gasteiger partial charge >= 0.3 is 0 Å². The average molecular weight is 392 g/mol. The lowest BCUT2D eigenvalue weighted by molar-refractivity contribution is 1.10. The molecule has 0 unspecified atom stereocenters. The van der Waals surface area contributed by atoms with Crippen LogP contribution in [0, 0.1) is 0 Å². The van der Waals surface area contributed by atoms with Gasteiger partial charge in [-0.25, -0.2) is 4.98 Å². The Hall–Kier alpha value is -2.99. The molecule has 0 aliphatic heterocycles. The minimum Gasteiger partial charge on any atom is -0.277 e. The van der Waals surface area contributed by atoms with Gasteiger partial charge in [-0.2, -0.15) is 10.2 Å². The Labute approximate surface area is 152 Å². The van der Waals surface area contributed by atoms with Gasteiger partial charge in [0.15, 0.2) is 0 Å². The second kappa shape index (κ2) is 6.86. The van der Waals surface area contributed by atoms with Gasteiger partial charge in [0.05, 0.1) is 23.6 Å². The molecule has 5 nitrogen and oxygen atoms in total. The fraction of sp³-hybridized carbons (Fsp3) is 0. The number of H-pyrrole nitrogens is 1. The number of fused-ring (bicyclic) bond motifs is 1. The highest BCUT2D eigenvalue weighted by atomic mass is 79.9. The molecule has 0 saturated heterocycles. The van der Waals surface area contributed by atoms with E-state index in [1.165, 1.54) is 0 Å². The summed E-state index contributed by atoms with van der Waals surface area (Å²) in [6.07, 6.45) is 3.48. The Morgan fingerprint density at radius 3 is 2.72 bits per heavy atom. The van der Waals surface area contributed by atoms with Gasteiger partial charge in [-0.15, -0.1) is 0 Å². The summed E-state index contributed by atoms with van der Waals surface area (Å²) < 4.78 is 1.04. The van der Waals surface area contributed by atoms with Gasteiger partial charge in [-0.05, 0) is 30.3 Å². The molecule has 0 aliphatic rings. The second-order valence-corrected chi connectivity index (χ2v) is 6.38. The van der Waals surface area contributed by atoms with Crippen molar-refractivity contribution >= 4 is 38.9 Å². The molecule has 0 bridgehead atoms. The van der Waals surface area contributed by atoms with E-state index >= 15 is 0 Å². The monoisotopic (exact) mass is 391 g/mol. The number of benzene rings is 2. The van der Waals surface area contributed by atoms with Crippen LogP contribution in [0.3, 0.4) is 0 Å². The predicted octanol–water partition coefficient (Wildman–Crippen LogP) is 4.83. The Bertz CT molecular complexity index is 1040. The van der Waals surface area contributed by atoms with Gasteiger partial charge < -0.3 is 0 Å². The van der Waals surface area contributed by atoms with E-state index in [-0.39, 0.29) is 0 Å². The molecule has 0 aliphatic carbocycles. The van der Waals surface area contributed by atoms with Crippen LogP contribution in [0.1, 0.15) is 5.56 Å². The number of rotatable bonds is 4. The lowest BCUT2D eigenvalue weighted by atomic mass is 10.1. The molecule has 0 spiro atoms. The van der Waals surface area contributed by atoms with Gasteiger partial charge in [0.25, 0.3) is 0 Å². The van der Waals surface area contributed by atoms with E-state index in [0.29, 0.717) is 5.82 Å². The molecule has 6 heteroatoms. The Morgan fingerprint density at radius 2 is 1.84 bits per heavy atom. The highest BCUT2D eigenvalue weighted by Gasteiger charge is 2.05. The minimum absolute atomic E-state index is 0.698. The molecular formula is C19H14BrN5. The number of aromatic amines is 1. The van der Waals surface area contributed by atoms with Crippen LogP contribution in [-0.4, -0.2) is 21.4 Å². The molecule has 2 heterocycles. The van der Waals surface area contributed by atoms with Crippen LogP contribution in [-0.2, 0) is 0 Å². The molecule has 0 radical (unpaired) electrons. The van der Waals surface area contributed by atoms with Crippen LogP contribution in [0.5, 0.6) is 0 Å². The summed E-state index contributed by atoms with van der Waals surface area (Å²) in [4.78, 5) is 4.53. The van der Waals surface area contributed by atoms with Crippen molar-refractivity contribution in [3.05, 3.63) is 76.9 Å². The molecule has 4 aromatic rings. The van der Waals surface area contributed by atoms with Crippen LogP contribution in [0.15, 0.2) is 76.4 Å². The largest absolute Gasteiger partial charge is 0.277 e. The first-order valence-corrected chi connectivity index (χ1v) is 8.53. The summed E-state index contributed by atoms with van der Waals surface area (Å²) in [5.74, 6) is 0.698. The number of hydrazone groups is 1. The molecule has 122 valence electrons. The summed E-state index contributed by atoms with van der Waals surface area (Å²) in [5, 5.41) is 12.5. The normalized spacial score (nSPS) is 11.2. The number of pyridine rings is 1. The summed E-state index contributed by atoms with van der Waals surface area (Å²) in [7, 11) is 0. The van der Waals surface area contributed by atoms with E-state index in [0.717, 1.165) is 32.2 Å². The van der Waals surface area contributed by atoms with Crippen LogP contribution >= 0.6 is 15.9 Å². The maximum Gasteiger partial charge on any atom is 0.146 e. The smallest absolute Gasteiger partial charge is 0.146 e. The summed E-state index contributed by atoms with van der Waals surface area (Å²) in [6.45, 7) is 0. The second-order valence-electron chi connectivity index (χ2n) is 5.47. The molecule has 2 aromatic carbocycles. The van der Waals surface area contributed by atoms with Crippen molar-refractivity contribution in [2.24, 2.45) is 5.10 Å². The first kappa shape index (κ1) is 15.5. The van der Waals surface area contributed by atoms with Crippen molar-refractivity contribution in [1.82, 2.24) is 15.2 Å². The van der Waals surface area contributed by atoms with Gasteiger partial charge in [0, 0.05) is 21.0 Å². The molecular weight excluding hydrogens is 378 g/mol. The third-order valence-electron chi connectivity index (χ3n) is 3.78. The van der Waals surface area contributed by atoms with E-state index < -0.39 is 0 Å². The van der Waals surface area contributed by atoms with Crippen LogP contribution in [0.4, 0.5) is 5.82 Å². The van der Waals surface area contributed by atoms with E-state index in [1.54, 1.807) is 12.4 Å². The Morgan fingerprint density at radius 1 is 1.00 bits per heavy atom. The van der Waals surface area contributed by atoms with E-state index in [1.807, 2.05) is 60.7 Å². The number of nitrogens with one attached hydrogen (secondary N) is 2. The summed E-state index contributed by atoms with van der Waals surface area (Å²) in [6, 6.07) is 19.9. The van der Waals surface area contributed by atoms with Crippen molar-refractivity contribution in [3.63, 3.8) is 0 Å². The van der Waals surface area contributed by atoms with Crippen molar-refractivity contribution in [3.8, 4) is 11.3 Å². The van der Waals surface area contributed by atoms with E-state index in [4.69, 9.17) is 0 Å². The predicted molar refractivity (Wildman–Crippen MR) is 105 cm³/mol. The summed E-state index contributed by atoms with van der Waals surface area (Å²) >= 11 is 3.44. The highest BCUT2D eigenvalue weighted by Crippen LogP contribution is 2.22. The van der Waals surface area contributed by atoms with Crippen LogP contribution in [0.2, 0.25) is 0 Å². The highest BCUT2D eigenvalue weighted by molar-refractivity contribution is 9.10. The van der Waals surface area contributed by atoms with Crippen LogP contribution < -0.4 is 5.43 Å². The number of aromatic nitrogens is 3. The lowest BCUT2D eigenvalue weighted by Crippen LogP contribution is -1.94. The third kappa shape index (κ3) is 3.44. The number of halogens is 1. The molecule has 0 saturated carbocycles. The summed E-state index contributed by atoms with van der Waals surface area (Å²) in [5.41, 5.74) is 6.77. The molecule has 0 amide bonds. The van der Waals surface area contributed by atoms with Crippen molar-refractivity contribution in [2.75, 3.05) is 5.43 Å². The zero-order chi connectivity index (χ0) is 17.1. The van der Waals surface area contributed by atoms with Crippen molar-refractivity contribution in [1.29, 1.82) is 0 Å². The quantitative estimate of drug-likeness (QED) is 0.386. The molecule has 0 fully saturated rings. The Balaban J connectivity index is 1.54. The first-order valence-electron chi connectivity index (χ1n) is 7.74. The molecule has 2 aromatic heterocycles. The van der Waals surface area contributed by atoms with Crippen molar-refractivity contribution in [2.45, 2.75) is 0 Å². The average Bonchev–Trinajstić information content (AvgIpc) is 3.11. The van der Waals surface area contributed by atoms with Crippen molar-refractivity contribution < 1.29 is 0 Å². The lowest BCUT2D eigenvalue weighted by Gasteiger charge is -2.02. The maximum atomic E-state index is 4.53. The molecule has 2 N–H and O–H groups in total. The van der Waals surface area contributed by atoms with Gasteiger partial charge in [-0.1, -0.05) is 46.3 Å². The van der Waals surface area contributed by atoms with Gasteiger partial charge in [0.1, 0.15) is 5.82 Å². The van der Waals surface area contributed by atoms with Gasteiger partial charge in [-0.3, -0.25) is 10.5 Å². The van der Waals surface area contributed by atoms with Gasteiger partial charge in [0.2, 0.25) is 0 Å². The van der Waals surface area contributed by atoms with E-state index in [2.05, 4.69) is 41.6 Å². The molecule has 0 atom stereocenters. The number of para-hydroxylation sites is 1. The first-order chi connectivity index (χ1) is 12.3. The maximum absolute atomic E-state index is 4.53. The Kier molecular flexibility index (Phi) is 4.26. The van der Waals surface area contributed by atoms with Crippen LogP contribution in [0.25, 0.3) is 22.2 Å². The number of hydrogen-bond acceptors (Lipinski definition) is 4. The number of hydrogen-bond donors (Lipinski definition) is 2. The minimum atomic E-state index is 0.698. The standard InChI is InChI=1S/C19H14BrN5/c20-16-8-5-14(6-9-16)19-15(12-22-25-19)11-21-24-18-10-7-13-3-1-2-4-17(13)23-18/h1-12H,(H,22,25)(H,23,24). The zero-order valence-corrected chi connectivity index (χ0v) is 14.7. The number of anilines is 1. The fourth-order valence-electron chi connectivity index (χ4n) is 2.54. The van der Waals surface area contributed by atoms with E-state index in [9.17, 15) is 0 Å². The molecule has 4 rings (SSSR count). The number of nitrogens with zero attached hydrogens (tertiary/aromatic N) is 3. The topological polar surface area (TPSA) is 66.0 Å². The fourth-order valence-corrected chi connectivity index (χ4v) is 2.80. The molecule has 25 heavy (non-hydrogen) atoms.